The average molecular weight is 832 g/mol. The lowest BCUT2D eigenvalue weighted by Crippen LogP contribution is -1.60. The van der Waals surface area contributed by atoms with Gasteiger partial charge in [0.15, 0.2) is 0 Å². The van der Waals surface area contributed by atoms with Crippen LogP contribution in [0, 0.1) is 0 Å². The maximum absolute atomic E-state index is 5.91. The molecule has 0 saturated heterocycles. The molecule has 0 aliphatic heterocycles. The average Bonchev–Trinajstić information content (AvgIpc) is 2.49. The first-order chi connectivity index (χ1) is 11.9. The Morgan fingerprint density at radius 2 is 0.846 bits per heavy atom. The van der Waals surface area contributed by atoms with Crippen molar-refractivity contribution in [3.63, 3.8) is 0 Å². The molecule has 0 amide bonds. The van der Waals surface area contributed by atoms with Gasteiger partial charge in [-0.25, -0.2) is 0 Å². The molecular weight excluding hydrogens is 806 g/mol. The first-order valence-electron chi connectivity index (χ1n) is 5.74. The highest BCUT2D eigenvalue weighted by atomic mass is 33.5. The molecule has 0 rings (SSSR count). The molecule has 16 unspecified atom stereocenters. The van der Waals surface area contributed by atoms with E-state index in [0.29, 0.717) is 0 Å². The molecule has 0 nitrogen and oxygen atoms in total. The lowest BCUT2D eigenvalue weighted by Gasteiger charge is -2.47. The summed E-state index contributed by atoms with van der Waals surface area (Å²) in [5.74, 6) is 0. The van der Waals surface area contributed by atoms with Gasteiger partial charge in [0.2, 0.25) is 0 Å². The van der Waals surface area contributed by atoms with Gasteiger partial charge in [-0.3, -0.25) is 0 Å². The van der Waals surface area contributed by atoms with Crippen molar-refractivity contribution in [3.8, 4) is 0 Å². The Balaban J connectivity index is 6.42. The molecule has 0 spiro atoms. The summed E-state index contributed by atoms with van der Waals surface area (Å²) in [5, 5.41) is 0. The molecule has 0 N–H and O–H groups in total. The summed E-state index contributed by atoms with van der Waals surface area (Å²) >= 11 is 5.91. The van der Waals surface area contributed by atoms with Gasteiger partial charge in [0.05, 0.1) is 0 Å². The molecule has 0 heterocycles. The maximum Gasteiger partial charge on any atom is 0.0291 e. The normalized spacial score (nSPS) is 17.5. The smallest absolute Gasteiger partial charge is 0.0291 e. The molecular formula is H25P25S. The standard InChI is InChI=1S/H25P25S/c1-13-20(12)24(19(10)11)21(14-26)25(22(15(2)3)16(4)5)23(17(6)7)18(8)9/h13H,1-12H2. The van der Waals surface area contributed by atoms with Crippen LogP contribution in [0.2, 0.25) is 0 Å². The largest absolute Gasteiger partial charge is 0.109 e. The second kappa shape index (κ2) is 20.7. The van der Waals surface area contributed by atoms with Gasteiger partial charge in [-0.1, -0.05) is 19.8 Å². The molecule has 0 saturated carbocycles. The van der Waals surface area contributed by atoms with Crippen molar-refractivity contribution in [1.82, 2.24) is 0 Å². The van der Waals surface area contributed by atoms with Gasteiger partial charge in [-0.05, 0) is 55.9 Å². The molecule has 26 heteroatoms. The van der Waals surface area contributed by atoms with Crippen LogP contribution in [-0.2, 0) is 11.8 Å². The summed E-state index contributed by atoms with van der Waals surface area (Å²) < 4.78 is 0. The zero-order chi connectivity index (χ0) is 20.8. The maximum atomic E-state index is 5.91. The van der Waals surface area contributed by atoms with E-state index in [2.05, 4.69) is 107 Å². The van der Waals surface area contributed by atoms with Crippen molar-refractivity contribution in [3.05, 3.63) is 0 Å². The number of rotatable bonds is 12. The number of hydrogen-bond donors (Lipinski definition) is 0. The minimum atomic E-state index is -0.0574. The van der Waals surface area contributed by atoms with E-state index >= 15 is 0 Å². The van der Waals surface area contributed by atoms with Gasteiger partial charge in [0.25, 0.3) is 0 Å². The van der Waals surface area contributed by atoms with Crippen LogP contribution in [0.3, 0.4) is 0 Å². The second-order valence-electron chi connectivity index (χ2n) is 3.80. The van der Waals surface area contributed by atoms with Crippen molar-refractivity contribution in [2.45, 2.75) is 0 Å². The quantitative estimate of drug-likeness (QED) is 0.177. The van der Waals surface area contributed by atoms with Crippen LogP contribution >= 0.6 is 199 Å². The van der Waals surface area contributed by atoms with Gasteiger partial charge >= 0.3 is 0 Å². The van der Waals surface area contributed by atoms with Gasteiger partial charge in [0.1, 0.15) is 0 Å². The van der Waals surface area contributed by atoms with E-state index in [4.69, 9.17) is 11.8 Å². The van der Waals surface area contributed by atoms with E-state index in [1.165, 1.54) is 7.04 Å². The molecule has 0 aliphatic carbocycles. The Kier molecular flexibility index (Phi) is 29.3. The van der Waals surface area contributed by atoms with Gasteiger partial charge in [-0.2, -0.15) is 0 Å². The first kappa shape index (κ1) is 36.8. The van der Waals surface area contributed by atoms with Crippen LogP contribution in [0.25, 0.3) is 0 Å². The first-order valence-corrected chi connectivity index (χ1v) is 51.6. The van der Waals surface area contributed by atoms with E-state index in [0.717, 1.165) is 7.96 Å². The third kappa shape index (κ3) is 13.3. The van der Waals surface area contributed by atoms with Gasteiger partial charge in [0, 0.05) is 28.0 Å². The molecule has 0 bridgehead atoms. The lowest BCUT2D eigenvalue weighted by atomic mass is 28.5. The fourth-order valence-corrected chi connectivity index (χ4v) is 316. The fraction of sp³-hybridized carbons (Fsp3) is 0. The van der Waals surface area contributed by atoms with Crippen LogP contribution in [-0.4, -0.2) is 0 Å². The highest BCUT2D eigenvalue weighted by Gasteiger charge is 2.46. The minimum absolute atomic E-state index is 0.0241. The summed E-state index contributed by atoms with van der Waals surface area (Å²) in [6.45, 7) is -0.127. The van der Waals surface area contributed by atoms with Crippen LogP contribution < -0.4 is 0 Å². The Labute approximate surface area is 208 Å². The topological polar surface area (TPSA) is 0 Å². The zero-order valence-electron chi connectivity index (χ0n) is 13.2. The molecule has 0 aromatic carbocycles. The Morgan fingerprint density at radius 3 is 1.04 bits per heavy atom. The van der Waals surface area contributed by atoms with E-state index in [1.807, 2.05) is 0 Å². The predicted octanol–water partition coefficient (Wildman–Crippen LogP) is 14.8. The lowest BCUT2D eigenvalue weighted by molar-refractivity contribution is 4.47. The molecule has 156 valence electrons. The zero-order valence-corrected chi connectivity index (χ0v) is 39.6. The summed E-state index contributed by atoms with van der Waals surface area (Å²) in [7, 11) is 40.7. The van der Waals surface area contributed by atoms with Crippen molar-refractivity contribution in [2.24, 2.45) is 0 Å². The second-order valence-corrected chi connectivity index (χ2v) is 103. The molecule has 0 fully saturated rings. The van der Waals surface area contributed by atoms with E-state index in [1.54, 1.807) is 0 Å². The van der Waals surface area contributed by atoms with Crippen molar-refractivity contribution >= 4 is 211 Å². The van der Waals surface area contributed by atoms with Crippen LogP contribution in [0.1, 0.15) is 0 Å². The molecule has 0 aromatic rings. The third-order valence-electron chi connectivity index (χ3n) is 2.07. The molecule has 0 radical (unpaired) electrons. The third-order valence-corrected chi connectivity index (χ3v) is 168. The Hall–Kier alpha value is 10.8. The molecule has 26 heavy (non-hydrogen) atoms. The monoisotopic (exact) mass is 832 g/mol. The van der Waals surface area contributed by atoms with Gasteiger partial charge < -0.3 is 0 Å². The SMILES string of the molecule is PPP(P)P(P(P)P)P(P=S)P(P(P(P)P)P(P)P)P(P(P)P)P(P)P. The summed E-state index contributed by atoms with van der Waals surface area (Å²) in [6.07, 6.45) is 0. The van der Waals surface area contributed by atoms with Crippen molar-refractivity contribution in [1.29, 1.82) is 0 Å². The van der Waals surface area contributed by atoms with Gasteiger partial charge in [-0.15, -0.1) is 107 Å². The fourth-order valence-electron chi connectivity index (χ4n) is 1.30. The summed E-state index contributed by atoms with van der Waals surface area (Å²) in [5.41, 5.74) is 0. The molecule has 0 aromatic heterocycles. The molecule has 0 aliphatic rings. The van der Waals surface area contributed by atoms with E-state index in [9.17, 15) is 0 Å². The van der Waals surface area contributed by atoms with Crippen molar-refractivity contribution < 1.29 is 0 Å². The Bertz CT molecular complexity index is 344. The van der Waals surface area contributed by atoms with Crippen molar-refractivity contribution in [2.75, 3.05) is 0 Å². The van der Waals surface area contributed by atoms with E-state index in [-0.39, 0.29) is 76.9 Å². The summed E-state index contributed by atoms with van der Waals surface area (Å²) in [4.78, 5) is 0. The van der Waals surface area contributed by atoms with E-state index < -0.39 is 0 Å². The molecule has 16 atom stereocenters. The summed E-state index contributed by atoms with van der Waals surface area (Å²) in [6, 6.07) is 0. The highest BCUT2D eigenvalue weighted by Crippen LogP contribution is 3.33. The Morgan fingerprint density at radius 1 is 0.538 bits per heavy atom. The highest BCUT2D eigenvalue weighted by molar-refractivity contribution is 9.39. The van der Waals surface area contributed by atoms with Crippen LogP contribution in [0.15, 0.2) is 0 Å². The predicted molar refractivity (Wildman–Crippen MR) is 215 cm³/mol. The minimum Gasteiger partial charge on any atom is -0.109 e. The van der Waals surface area contributed by atoms with Crippen LogP contribution in [0.5, 0.6) is 0 Å². The van der Waals surface area contributed by atoms with Crippen LogP contribution in [0.4, 0.5) is 0 Å². The number of hydrogen-bond acceptors (Lipinski definition) is 1.